The molecule has 2 heterocycles. The highest BCUT2D eigenvalue weighted by molar-refractivity contribution is 7.24. The molecule has 0 aromatic carbocycles. The van der Waals surface area contributed by atoms with Crippen LogP contribution in [-0.4, -0.2) is 13.1 Å². The maximum atomic E-state index is 8.49. The van der Waals surface area contributed by atoms with Crippen molar-refractivity contribution < 1.29 is 28.9 Å². The lowest BCUT2D eigenvalue weighted by Gasteiger charge is -2.17. The smallest absolute Gasteiger partial charge is 0.222 e. The minimum Gasteiger partial charge on any atom is -0.222 e. The fourth-order valence-corrected chi connectivity index (χ4v) is 3.14. The Morgan fingerprint density at radius 3 is 1.80 bits per heavy atom. The maximum Gasteiger partial charge on any atom is 0.313 e. The van der Waals surface area contributed by atoms with Crippen molar-refractivity contribution in [1.82, 2.24) is 4.58 Å². The lowest BCUT2D eigenvalue weighted by atomic mass is 10.4. The Labute approximate surface area is 96.9 Å². The predicted octanol–water partition coefficient (Wildman–Crippen LogP) is -3.38. The molecule has 1 aromatic rings. The van der Waals surface area contributed by atoms with Crippen molar-refractivity contribution in [3.05, 3.63) is 14.7 Å². The van der Waals surface area contributed by atoms with Gasteiger partial charge in [-0.25, -0.2) is 23.2 Å². The third kappa shape index (κ3) is 6.21. The third-order valence-corrected chi connectivity index (χ3v) is 3.97. The summed E-state index contributed by atoms with van der Waals surface area (Å²) in [6, 6.07) is 0. The van der Waals surface area contributed by atoms with E-state index in [-0.39, 0.29) is 0 Å². The van der Waals surface area contributed by atoms with Crippen molar-refractivity contribution in [3.63, 3.8) is 0 Å². The van der Waals surface area contributed by atoms with E-state index in [0.717, 1.165) is 0 Å². The lowest BCUT2D eigenvalue weighted by molar-refractivity contribution is -2.00. The molecule has 1 fully saturated rings. The van der Waals surface area contributed by atoms with Gasteiger partial charge in [-0.2, -0.15) is 0 Å². The Balaban J connectivity index is 0.000000195. The van der Waals surface area contributed by atoms with Gasteiger partial charge in [-0.15, -0.1) is 10.2 Å². The number of nitrogens with zero attached hydrogens (tertiary/aromatic N) is 1. The van der Waals surface area contributed by atoms with Crippen LogP contribution in [0.25, 0.3) is 0 Å². The molecular weight excluding hydrogens is 262 g/mol. The molecule has 2 rings (SSSR count). The number of hydrogen-bond acceptors (Lipinski definition) is 6. The second-order valence-electron chi connectivity index (χ2n) is 2.85. The number of hydrogen-bond donors (Lipinski definition) is 0. The van der Waals surface area contributed by atoms with Gasteiger partial charge in [0, 0.05) is 23.6 Å². The molecular formula is C7H10ClNO4S2. The molecule has 0 radical (unpaired) electrons. The second kappa shape index (κ2) is 5.90. The van der Waals surface area contributed by atoms with Gasteiger partial charge in [-0.1, -0.05) is 22.7 Å². The zero-order valence-electron chi connectivity index (χ0n) is 7.76. The summed E-state index contributed by atoms with van der Waals surface area (Å²) in [7, 11) is -4.94. The standard InChI is InChI=1S/C7H10NS2.ClHO4/c1-2-4-8(3-1)7-9-5-6-10-7;2-1(3,4)5/h5-6H,1-4H2;(H,2,3,4,5)/q+1;/p-1. The number of rotatable bonds is 0. The SMILES string of the molecule is [O-][Cl+3]([O-])([O-])[O-].c1csc(=[N+]2CCCC2)s1. The average molecular weight is 272 g/mol. The molecule has 1 aliphatic rings. The first-order chi connectivity index (χ1) is 6.97. The Bertz CT molecular complexity index is 326. The van der Waals surface area contributed by atoms with Gasteiger partial charge in [0.2, 0.25) is 0 Å². The van der Waals surface area contributed by atoms with Crippen molar-refractivity contribution in [2.24, 2.45) is 0 Å². The highest BCUT2D eigenvalue weighted by Gasteiger charge is 2.13. The molecule has 1 aromatic heterocycles. The molecule has 0 atom stereocenters. The van der Waals surface area contributed by atoms with Gasteiger partial charge < -0.3 is 0 Å². The van der Waals surface area contributed by atoms with Gasteiger partial charge in [0.05, 0.1) is 0 Å². The summed E-state index contributed by atoms with van der Waals surface area (Å²) >= 11 is 3.73. The molecule has 0 unspecified atom stereocenters. The fourth-order valence-electron chi connectivity index (χ4n) is 1.25. The monoisotopic (exact) mass is 271 g/mol. The van der Waals surface area contributed by atoms with Crippen molar-refractivity contribution in [3.8, 4) is 0 Å². The molecule has 0 bridgehead atoms. The van der Waals surface area contributed by atoms with Crippen LogP contribution in [0.4, 0.5) is 0 Å². The van der Waals surface area contributed by atoms with E-state index < -0.39 is 10.2 Å². The van der Waals surface area contributed by atoms with Crippen molar-refractivity contribution in [1.29, 1.82) is 0 Å². The van der Waals surface area contributed by atoms with E-state index in [9.17, 15) is 0 Å². The average Bonchev–Trinajstić information content (AvgIpc) is 2.73. The topological polar surface area (TPSA) is 95.2 Å². The maximum absolute atomic E-state index is 8.49. The molecule has 5 nitrogen and oxygen atoms in total. The summed E-state index contributed by atoms with van der Waals surface area (Å²) in [5, 5.41) is 4.33. The quantitative estimate of drug-likeness (QED) is 0.460. The predicted molar refractivity (Wildman–Crippen MR) is 46.4 cm³/mol. The molecule has 1 saturated heterocycles. The lowest BCUT2D eigenvalue weighted by Crippen LogP contribution is -2.68. The minimum absolute atomic E-state index is 1.27. The van der Waals surface area contributed by atoms with E-state index in [1.165, 1.54) is 29.9 Å². The van der Waals surface area contributed by atoms with Crippen LogP contribution in [0.15, 0.2) is 10.8 Å². The van der Waals surface area contributed by atoms with Gasteiger partial charge in [0.15, 0.2) is 0 Å². The van der Waals surface area contributed by atoms with E-state index in [1.807, 2.05) is 22.7 Å². The molecule has 0 spiro atoms. The first kappa shape index (κ1) is 13.0. The van der Waals surface area contributed by atoms with E-state index in [2.05, 4.69) is 15.3 Å². The molecule has 0 N–H and O–H groups in total. The van der Waals surface area contributed by atoms with Crippen LogP contribution >= 0.6 is 22.7 Å². The van der Waals surface area contributed by atoms with Gasteiger partial charge >= 0.3 is 3.98 Å². The van der Waals surface area contributed by atoms with Crippen molar-refractivity contribution in [2.45, 2.75) is 12.8 Å². The first-order valence-corrected chi connectivity index (χ1v) is 7.18. The highest BCUT2D eigenvalue weighted by Crippen LogP contribution is 2.00. The summed E-state index contributed by atoms with van der Waals surface area (Å²) < 4.78 is 37.9. The third-order valence-electron chi connectivity index (χ3n) is 1.76. The molecule has 0 saturated carbocycles. The summed E-state index contributed by atoms with van der Waals surface area (Å²) in [5.74, 6) is 0. The normalized spacial score (nSPS) is 16.1. The summed E-state index contributed by atoms with van der Waals surface area (Å²) in [6.45, 7) is 2.55. The minimum atomic E-state index is -4.94. The van der Waals surface area contributed by atoms with E-state index >= 15 is 0 Å². The van der Waals surface area contributed by atoms with Crippen LogP contribution < -0.4 is 27.2 Å². The van der Waals surface area contributed by atoms with Crippen LogP contribution in [0, 0.1) is 10.2 Å². The molecule has 86 valence electrons. The zero-order valence-corrected chi connectivity index (χ0v) is 10.1. The Morgan fingerprint density at radius 2 is 1.40 bits per heavy atom. The van der Waals surface area contributed by atoms with Crippen LogP contribution in [0.5, 0.6) is 0 Å². The van der Waals surface area contributed by atoms with E-state index in [4.69, 9.17) is 18.6 Å². The van der Waals surface area contributed by atoms with Crippen LogP contribution in [0.3, 0.4) is 0 Å². The Hall–Kier alpha value is -0.0200. The van der Waals surface area contributed by atoms with E-state index in [0.29, 0.717) is 0 Å². The van der Waals surface area contributed by atoms with Crippen LogP contribution in [0.1, 0.15) is 12.8 Å². The molecule has 8 heteroatoms. The van der Waals surface area contributed by atoms with Gasteiger partial charge in [0.1, 0.15) is 13.1 Å². The van der Waals surface area contributed by atoms with Gasteiger partial charge in [0.25, 0.3) is 0 Å². The summed E-state index contributed by atoms with van der Waals surface area (Å²) in [5.41, 5.74) is 0. The largest absolute Gasteiger partial charge is 0.313 e. The first-order valence-electron chi connectivity index (χ1n) is 4.19. The second-order valence-corrected chi connectivity index (χ2v) is 5.65. The summed E-state index contributed by atoms with van der Waals surface area (Å²) in [4.78, 5) is 0. The highest BCUT2D eigenvalue weighted by atomic mass is 35.7. The van der Waals surface area contributed by atoms with Crippen LogP contribution in [0.2, 0.25) is 0 Å². The van der Waals surface area contributed by atoms with Crippen molar-refractivity contribution >= 4 is 22.7 Å². The Morgan fingerprint density at radius 1 is 1.00 bits per heavy atom. The van der Waals surface area contributed by atoms with Crippen molar-refractivity contribution in [2.75, 3.05) is 13.1 Å². The fraction of sp³-hybridized carbons (Fsp3) is 0.571. The molecule has 15 heavy (non-hydrogen) atoms. The molecule has 0 amide bonds. The van der Waals surface area contributed by atoms with Gasteiger partial charge in [-0.3, -0.25) is 0 Å². The Kier molecular flexibility index (Phi) is 5.13. The van der Waals surface area contributed by atoms with Crippen LogP contribution in [-0.2, 0) is 0 Å². The van der Waals surface area contributed by atoms with E-state index in [1.54, 1.807) is 0 Å². The van der Waals surface area contributed by atoms with Gasteiger partial charge in [-0.05, 0) is 0 Å². The summed E-state index contributed by atoms with van der Waals surface area (Å²) in [6.07, 6.45) is 2.76. The molecule has 1 aliphatic heterocycles. The zero-order chi connectivity index (χ0) is 11.3. The molecule has 0 aliphatic carbocycles. The number of halogens is 1.